The third kappa shape index (κ3) is 8.11. The molecule has 0 spiro atoms. The van der Waals surface area contributed by atoms with Crippen LogP contribution in [0.2, 0.25) is 0 Å². The molecule has 4 rings (SSSR count). The smallest absolute Gasteiger partial charge is 0.278 e. The fourth-order valence-electron chi connectivity index (χ4n) is 6.23. The van der Waals surface area contributed by atoms with Crippen LogP contribution in [0, 0.1) is 10.4 Å². The molecular weight excluding hydrogens is 492 g/mol. The molecule has 0 radical (unpaired) electrons. The minimum atomic E-state index is -0.631. The van der Waals surface area contributed by atoms with Crippen LogP contribution in [0.5, 0.6) is 0 Å². The van der Waals surface area contributed by atoms with Crippen molar-refractivity contribution in [3.8, 4) is 0 Å². The monoisotopic (exact) mass is 536 g/mol. The molecule has 2 fully saturated rings. The Bertz CT molecular complexity index is 970. The van der Waals surface area contributed by atoms with Crippen LogP contribution in [0.1, 0.15) is 56.1 Å². The third-order valence-electron chi connectivity index (χ3n) is 8.45. The lowest BCUT2D eigenvalue weighted by Gasteiger charge is -2.53. The normalized spacial score (nSPS) is 27.0. The first-order chi connectivity index (χ1) is 18.9. The van der Waals surface area contributed by atoms with Gasteiger partial charge in [0.25, 0.3) is 11.8 Å². The van der Waals surface area contributed by atoms with E-state index in [0.29, 0.717) is 45.4 Å². The topological polar surface area (TPSA) is 104 Å². The Labute approximate surface area is 232 Å². The number of hydroxylamine groups is 6. The van der Waals surface area contributed by atoms with E-state index >= 15 is 0 Å². The highest BCUT2D eigenvalue weighted by Gasteiger charge is 2.40. The lowest BCUT2D eigenvalue weighted by Crippen LogP contribution is -2.62. The van der Waals surface area contributed by atoms with Crippen molar-refractivity contribution >= 4 is 11.8 Å². The van der Waals surface area contributed by atoms with Crippen LogP contribution in [0.4, 0.5) is 0 Å². The maximum Gasteiger partial charge on any atom is 0.278 e. The molecule has 2 saturated heterocycles. The lowest BCUT2D eigenvalue weighted by molar-refractivity contribution is -0.919. The van der Waals surface area contributed by atoms with Crippen LogP contribution in [0.15, 0.2) is 60.7 Å². The van der Waals surface area contributed by atoms with E-state index in [0.717, 1.165) is 49.7 Å². The van der Waals surface area contributed by atoms with Gasteiger partial charge < -0.3 is 30.3 Å². The van der Waals surface area contributed by atoms with Crippen LogP contribution >= 0.6 is 0 Å². The van der Waals surface area contributed by atoms with Crippen molar-refractivity contribution in [2.75, 3.05) is 39.3 Å². The Hall–Kier alpha value is -2.78. The maximum atomic E-state index is 13.9. The molecule has 2 aromatic rings. The number of hydrogen-bond donors (Lipinski definition) is 2. The minimum absolute atomic E-state index is 0.180. The second-order valence-corrected chi connectivity index (χ2v) is 11.2. The number of nitrogens with zero attached hydrogens (tertiary/aromatic N) is 2. The summed E-state index contributed by atoms with van der Waals surface area (Å²) in [5, 5.41) is 33.7. The molecule has 0 saturated carbocycles. The van der Waals surface area contributed by atoms with Crippen molar-refractivity contribution in [3.63, 3.8) is 0 Å². The molecule has 212 valence electrons. The van der Waals surface area contributed by atoms with E-state index in [1.807, 2.05) is 60.7 Å². The summed E-state index contributed by atoms with van der Waals surface area (Å²) >= 11 is 0. The summed E-state index contributed by atoms with van der Waals surface area (Å²) in [5.41, 5.74) is 2.29. The van der Waals surface area contributed by atoms with Gasteiger partial charge in [0.1, 0.15) is 0 Å². The van der Waals surface area contributed by atoms with Crippen LogP contribution in [-0.2, 0) is 22.4 Å². The zero-order valence-electron chi connectivity index (χ0n) is 23.1. The van der Waals surface area contributed by atoms with Gasteiger partial charge in [0, 0.05) is 32.4 Å². The molecule has 0 aliphatic carbocycles. The summed E-state index contributed by atoms with van der Waals surface area (Å²) in [6.07, 6.45) is 6.33. The number of likely N-dealkylation sites (tertiary alicyclic amines) is 2. The first-order valence-corrected chi connectivity index (χ1v) is 14.7. The second-order valence-electron chi connectivity index (χ2n) is 11.2. The van der Waals surface area contributed by atoms with Crippen molar-refractivity contribution in [3.05, 3.63) is 82.2 Å². The van der Waals surface area contributed by atoms with E-state index in [1.54, 1.807) is 0 Å². The van der Waals surface area contributed by atoms with Crippen molar-refractivity contribution in [1.29, 1.82) is 0 Å². The Morgan fingerprint density at radius 2 is 1.08 bits per heavy atom. The summed E-state index contributed by atoms with van der Waals surface area (Å²) in [4.78, 5) is 26.1. The van der Waals surface area contributed by atoms with Gasteiger partial charge in [-0.2, -0.15) is 0 Å². The predicted molar refractivity (Wildman–Crippen MR) is 153 cm³/mol. The number of benzene rings is 2. The van der Waals surface area contributed by atoms with Gasteiger partial charge in [-0.15, -0.1) is 0 Å². The number of piperidine rings is 2. The molecule has 8 heteroatoms. The highest BCUT2D eigenvalue weighted by atomic mass is 16.6. The van der Waals surface area contributed by atoms with E-state index in [2.05, 4.69) is 10.6 Å². The standard InChI is InChI=1S/C31H44N4O4/c36-30(32-20-18-26-12-3-1-4-13-26)28-16-7-9-22-34(28,38)24-11-25-35(39)23-10-8-17-29(35)31(37)33-21-19-27-14-5-2-6-15-27/h1-6,12-15,28-29H,7-11,16-25H2,(H,32,36)(H,33,37)/t28-,29-,34?,35?/m0/s1. The third-order valence-corrected chi connectivity index (χ3v) is 8.45. The Balaban J connectivity index is 1.28. The second kappa shape index (κ2) is 14.0. The largest absolute Gasteiger partial charge is 0.632 e. The summed E-state index contributed by atoms with van der Waals surface area (Å²) < 4.78 is -1.13. The van der Waals surface area contributed by atoms with Crippen LogP contribution < -0.4 is 10.6 Å². The summed E-state index contributed by atoms with van der Waals surface area (Å²) in [6.45, 7) is 2.28. The van der Waals surface area contributed by atoms with Gasteiger partial charge in [-0.05, 0) is 49.7 Å². The molecule has 2 amide bonds. The minimum Gasteiger partial charge on any atom is -0.632 e. The molecule has 2 unspecified atom stereocenters. The zero-order chi connectivity index (χ0) is 27.6. The quantitative estimate of drug-likeness (QED) is 0.318. The van der Waals surface area contributed by atoms with Gasteiger partial charge in [0.05, 0.1) is 26.2 Å². The van der Waals surface area contributed by atoms with Crippen LogP contribution in [-0.4, -0.2) is 72.5 Å². The predicted octanol–water partition coefficient (Wildman–Crippen LogP) is 3.83. The van der Waals surface area contributed by atoms with E-state index in [9.17, 15) is 20.0 Å². The average Bonchev–Trinajstić information content (AvgIpc) is 2.94. The van der Waals surface area contributed by atoms with Crippen molar-refractivity contribution in [1.82, 2.24) is 10.6 Å². The number of nitrogens with one attached hydrogen (secondary N) is 2. The first kappa shape index (κ1) is 29.2. The van der Waals surface area contributed by atoms with E-state index in [4.69, 9.17) is 0 Å². The highest BCUT2D eigenvalue weighted by Crippen LogP contribution is 2.29. The van der Waals surface area contributed by atoms with E-state index in [1.165, 1.54) is 0 Å². The molecule has 2 heterocycles. The Morgan fingerprint density at radius 3 is 1.49 bits per heavy atom. The van der Waals surface area contributed by atoms with Crippen molar-refractivity contribution < 1.29 is 18.9 Å². The number of carbonyl (C=O) groups is 2. The SMILES string of the molecule is O=C(NCCc1ccccc1)[C@@H]1CCCC[N+]1([O-])CCC[N+]1([O-])CCCC[C@H]1C(=O)NCCc1ccccc1. The summed E-state index contributed by atoms with van der Waals surface area (Å²) in [7, 11) is 0. The number of amides is 2. The molecule has 2 N–H and O–H groups in total. The van der Waals surface area contributed by atoms with Gasteiger partial charge in [-0.25, -0.2) is 0 Å². The summed E-state index contributed by atoms with van der Waals surface area (Å²) in [6, 6.07) is 18.7. The van der Waals surface area contributed by atoms with Gasteiger partial charge in [-0.1, -0.05) is 60.7 Å². The molecule has 2 aromatic carbocycles. The summed E-state index contributed by atoms with van der Waals surface area (Å²) in [5.74, 6) is -0.361. The first-order valence-electron chi connectivity index (χ1n) is 14.7. The molecule has 0 bridgehead atoms. The zero-order valence-corrected chi connectivity index (χ0v) is 23.1. The van der Waals surface area contributed by atoms with Gasteiger partial charge in [0.2, 0.25) is 0 Å². The molecule has 2 aliphatic rings. The van der Waals surface area contributed by atoms with Crippen molar-refractivity contribution in [2.45, 2.75) is 69.9 Å². The molecule has 4 atom stereocenters. The van der Waals surface area contributed by atoms with Crippen LogP contribution in [0.25, 0.3) is 0 Å². The van der Waals surface area contributed by atoms with Crippen LogP contribution in [0.3, 0.4) is 0 Å². The Morgan fingerprint density at radius 1 is 0.667 bits per heavy atom. The van der Waals surface area contributed by atoms with Gasteiger partial charge in [-0.3, -0.25) is 9.59 Å². The number of hydrogen-bond acceptors (Lipinski definition) is 4. The van der Waals surface area contributed by atoms with E-state index in [-0.39, 0.29) is 24.9 Å². The van der Waals surface area contributed by atoms with E-state index < -0.39 is 21.4 Å². The van der Waals surface area contributed by atoms with Crippen molar-refractivity contribution in [2.24, 2.45) is 0 Å². The molecule has 39 heavy (non-hydrogen) atoms. The Kier molecular flexibility index (Phi) is 10.5. The lowest BCUT2D eigenvalue weighted by atomic mass is 9.98. The maximum absolute atomic E-state index is 13.9. The fraction of sp³-hybridized carbons (Fsp3) is 0.548. The average molecular weight is 537 g/mol. The molecular formula is C31H44N4O4. The van der Waals surface area contributed by atoms with Gasteiger partial charge >= 0.3 is 0 Å². The molecule has 8 nitrogen and oxygen atoms in total. The highest BCUT2D eigenvalue weighted by molar-refractivity contribution is 5.81. The number of rotatable bonds is 12. The van der Waals surface area contributed by atoms with Gasteiger partial charge in [0.15, 0.2) is 12.1 Å². The fourth-order valence-corrected chi connectivity index (χ4v) is 6.23. The number of quaternary nitrogens is 2. The molecule has 0 aromatic heterocycles. The molecule has 2 aliphatic heterocycles. The number of carbonyl (C=O) groups excluding carboxylic acids is 2.